The Morgan fingerprint density at radius 1 is 1.04 bits per heavy atom. The number of hydrogen-bond acceptors (Lipinski definition) is 4. The molecular weight excluding hydrogens is 328 g/mol. The van der Waals surface area contributed by atoms with E-state index in [9.17, 15) is 4.79 Å². The highest BCUT2D eigenvalue weighted by molar-refractivity contribution is 5.83. The molecule has 2 aromatic carbocycles. The Morgan fingerprint density at radius 2 is 1.81 bits per heavy atom. The van der Waals surface area contributed by atoms with E-state index in [2.05, 4.69) is 5.16 Å². The lowest BCUT2D eigenvalue weighted by Crippen LogP contribution is -2.27. The summed E-state index contributed by atoms with van der Waals surface area (Å²) in [7, 11) is 0. The highest BCUT2D eigenvalue weighted by atomic mass is 16.5. The molecule has 0 amide bonds. The molecule has 0 spiro atoms. The minimum Gasteiger partial charge on any atom is -0.361 e. The summed E-state index contributed by atoms with van der Waals surface area (Å²) in [6.07, 6.45) is 0. The number of nitrogens with two attached hydrogens (primary N) is 1. The maximum Gasteiger partial charge on any atom is 0.330 e. The van der Waals surface area contributed by atoms with Crippen molar-refractivity contribution in [3.63, 3.8) is 0 Å². The van der Waals surface area contributed by atoms with Crippen molar-refractivity contribution >= 4 is 11.0 Å². The van der Waals surface area contributed by atoms with Crippen molar-refractivity contribution in [1.29, 1.82) is 0 Å². The van der Waals surface area contributed by atoms with Gasteiger partial charge in [-0.25, -0.2) is 4.79 Å². The molecule has 0 saturated heterocycles. The first-order valence-electron chi connectivity index (χ1n) is 8.50. The summed E-state index contributed by atoms with van der Waals surface area (Å²) in [6, 6.07) is 15.9. The van der Waals surface area contributed by atoms with Crippen LogP contribution in [-0.2, 0) is 13.2 Å². The van der Waals surface area contributed by atoms with Gasteiger partial charge in [0, 0.05) is 5.56 Å². The van der Waals surface area contributed by atoms with E-state index in [1.807, 2.05) is 62.4 Å². The number of benzene rings is 2. The van der Waals surface area contributed by atoms with Crippen LogP contribution < -0.4 is 11.4 Å². The quantitative estimate of drug-likeness (QED) is 0.615. The van der Waals surface area contributed by atoms with E-state index in [0.29, 0.717) is 6.54 Å². The van der Waals surface area contributed by atoms with Crippen molar-refractivity contribution in [2.24, 2.45) is 5.73 Å². The molecule has 2 aromatic heterocycles. The molecule has 0 aliphatic rings. The van der Waals surface area contributed by atoms with Gasteiger partial charge in [0.15, 0.2) is 0 Å². The Labute approximate surface area is 150 Å². The molecule has 0 bridgehead atoms. The monoisotopic (exact) mass is 348 g/mol. The van der Waals surface area contributed by atoms with Crippen LogP contribution in [0.5, 0.6) is 0 Å². The highest BCUT2D eigenvalue weighted by Gasteiger charge is 2.17. The molecule has 132 valence electrons. The van der Waals surface area contributed by atoms with Crippen LogP contribution in [0.3, 0.4) is 0 Å². The number of imidazole rings is 1. The summed E-state index contributed by atoms with van der Waals surface area (Å²) in [5.74, 6) is 0.761. The number of nitrogens with zero attached hydrogens (tertiary/aromatic N) is 3. The summed E-state index contributed by atoms with van der Waals surface area (Å²) in [4.78, 5) is 12.9. The zero-order valence-corrected chi connectivity index (χ0v) is 14.8. The smallest absolute Gasteiger partial charge is 0.330 e. The Balaban J connectivity index is 1.94. The molecule has 4 aromatic rings. The van der Waals surface area contributed by atoms with Gasteiger partial charge >= 0.3 is 5.69 Å². The number of fused-ring (bicyclic) bond motifs is 1. The second-order valence-corrected chi connectivity index (χ2v) is 6.37. The Hall–Kier alpha value is -3.12. The molecule has 4 rings (SSSR count). The second-order valence-electron chi connectivity index (χ2n) is 6.37. The third kappa shape index (κ3) is 2.55. The summed E-state index contributed by atoms with van der Waals surface area (Å²) >= 11 is 0. The molecule has 26 heavy (non-hydrogen) atoms. The van der Waals surface area contributed by atoms with Gasteiger partial charge in [0.05, 0.1) is 29.9 Å². The normalized spacial score (nSPS) is 11.3. The topological polar surface area (TPSA) is 79.0 Å². The first-order valence-corrected chi connectivity index (χ1v) is 8.50. The first-order chi connectivity index (χ1) is 12.6. The van der Waals surface area contributed by atoms with Gasteiger partial charge < -0.3 is 10.3 Å². The zero-order chi connectivity index (χ0) is 18.3. The fourth-order valence-corrected chi connectivity index (χ4v) is 3.47. The summed E-state index contributed by atoms with van der Waals surface area (Å²) in [5.41, 5.74) is 11.2. The van der Waals surface area contributed by atoms with Crippen molar-refractivity contribution in [2.75, 3.05) is 0 Å². The van der Waals surface area contributed by atoms with Crippen LogP contribution in [0.1, 0.15) is 17.0 Å². The van der Waals surface area contributed by atoms with Crippen LogP contribution in [0.4, 0.5) is 0 Å². The van der Waals surface area contributed by atoms with Gasteiger partial charge in [-0.05, 0) is 37.1 Å². The largest absolute Gasteiger partial charge is 0.361 e. The molecule has 0 unspecified atom stereocenters. The van der Waals surface area contributed by atoms with Gasteiger partial charge in [-0.1, -0.05) is 41.6 Å². The fraction of sp³-hybridized carbons (Fsp3) is 0.200. The Morgan fingerprint density at radius 3 is 2.46 bits per heavy atom. The van der Waals surface area contributed by atoms with E-state index in [-0.39, 0.29) is 12.4 Å². The van der Waals surface area contributed by atoms with Gasteiger partial charge in [0.1, 0.15) is 5.76 Å². The van der Waals surface area contributed by atoms with Gasteiger partial charge in [-0.15, -0.1) is 0 Å². The summed E-state index contributed by atoms with van der Waals surface area (Å²) in [5, 5.41) is 4.03. The molecule has 0 aliphatic carbocycles. The number of rotatable bonds is 4. The second kappa shape index (κ2) is 6.31. The molecule has 0 saturated carbocycles. The summed E-state index contributed by atoms with van der Waals surface area (Å²) in [6.45, 7) is 4.44. The van der Waals surface area contributed by atoms with Crippen LogP contribution in [0.15, 0.2) is 57.8 Å². The molecule has 0 atom stereocenters. The summed E-state index contributed by atoms with van der Waals surface area (Å²) < 4.78 is 8.65. The molecular formula is C20H20N4O2. The van der Waals surface area contributed by atoms with Crippen molar-refractivity contribution < 1.29 is 4.52 Å². The molecule has 0 fully saturated rings. The van der Waals surface area contributed by atoms with Crippen LogP contribution in [0.2, 0.25) is 0 Å². The van der Waals surface area contributed by atoms with E-state index in [4.69, 9.17) is 10.3 Å². The predicted octanol–water partition coefficient (Wildman–Crippen LogP) is 3.04. The zero-order valence-electron chi connectivity index (χ0n) is 14.8. The third-order valence-corrected chi connectivity index (χ3v) is 4.71. The van der Waals surface area contributed by atoms with Crippen molar-refractivity contribution in [3.8, 4) is 11.1 Å². The minimum absolute atomic E-state index is 0.109. The van der Waals surface area contributed by atoms with Crippen LogP contribution >= 0.6 is 0 Å². The third-order valence-electron chi connectivity index (χ3n) is 4.71. The van der Waals surface area contributed by atoms with Gasteiger partial charge in [0.2, 0.25) is 0 Å². The molecule has 6 heteroatoms. The van der Waals surface area contributed by atoms with Gasteiger partial charge in [0.25, 0.3) is 0 Å². The van der Waals surface area contributed by atoms with Gasteiger partial charge in [-0.2, -0.15) is 0 Å². The average molecular weight is 348 g/mol. The molecule has 2 N–H and O–H groups in total. The lowest BCUT2D eigenvalue weighted by Gasteiger charge is -2.06. The first kappa shape index (κ1) is 16.4. The molecule has 0 aliphatic heterocycles. The van der Waals surface area contributed by atoms with Crippen LogP contribution in [0, 0.1) is 13.8 Å². The predicted molar refractivity (Wildman–Crippen MR) is 101 cm³/mol. The number of aryl methyl sites for hydroxylation is 2. The van der Waals surface area contributed by atoms with E-state index in [0.717, 1.165) is 39.2 Å². The number of aromatic nitrogens is 3. The Bertz CT molecular complexity index is 1120. The van der Waals surface area contributed by atoms with Gasteiger partial charge in [-0.3, -0.25) is 9.13 Å². The molecule has 0 radical (unpaired) electrons. The maximum atomic E-state index is 12.9. The lowest BCUT2D eigenvalue weighted by atomic mass is 10.0. The van der Waals surface area contributed by atoms with Crippen molar-refractivity contribution in [3.05, 3.63) is 76.0 Å². The lowest BCUT2D eigenvalue weighted by molar-refractivity contribution is 0.393. The van der Waals surface area contributed by atoms with E-state index in [1.54, 1.807) is 9.13 Å². The SMILES string of the molecule is Cc1noc(C)c1-c1ccc2c(c1)n(Cc1ccccc1)c(=O)n2CN. The average Bonchev–Trinajstić information content (AvgIpc) is 3.12. The minimum atomic E-state index is -0.109. The van der Waals surface area contributed by atoms with Crippen LogP contribution in [0.25, 0.3) is 22.2 Å². The molecule has 2 heterocycles. The van der Waals surface area contributed by atoms with Crippen molar-refractivity contribution in [1.82, 2.24) is 14.3 Å². The van der Waals surface area contributed by atoms with E-state index < -0.39 is 0 Å². The number of hydrogen-bond donors (Lipinski definition) is 1. The van der Waals surface area contributed by atoms with E-state index in [1.165, 1.54) is 0 Å². The Kier molecular flexibility index (Phi) is 3.97. The van der Waals surface area contributed by atoms with Crippen molar-refractivity contribution in [2.45, 2.75) is 27.1 Å². The fourth-order valence-electron chi connectivity index (χ4n) is 3.47. The van der Waals surface area contributed by atoms with E-state index >= 15 is 0 Å². The standard InChI is InChI=1S/C20H20N4O2/c1-13-19(14(2)26-22-13)16-8-9-17-18(10-16)23(20(25)24(17)12-21)11-15-6-4-3-5-7-15/h3-10H,11-12,21H2,1-2H3. The highest BCUT2D eigenvalue weighted by Crippen LogP contribution is 2.29. The van der Waals surface area contributed by atoms with Crippen LogP contribution in [-0.4, -0.2) is 14.3 Å². The maximum absolute atomic E-state index is 12.9. The molecule has 6 nitrogen and oxygen atoms in total.